The molecule has 3 aromatic carbocycles. The average Bonchev–Trinajstić information content (AvgIpc) is 3.27. The fraction of sp³-hybridized carbons (Fsp3) is 0. The van der Waals surface area contributed by atoms with Crippen LogP contribution < -0.4 is 5.56 Å². The van der Waals surface area contributed by atoms with Crippen LogP contribution in [0.25, 0.3) is 40.5 Å². The molecule has 0 bridgehead atoms. The van der Waals surface area contributed by atoms with Crippen molar-refractivity contribution in [3.05, 3.63) is 107 Å². The molecule has 0 atom stereocenters. The van der Waals surface area contributed by atoms with E-state index in [-0.39, 0.29) is 11.6 Å². The van der Waals surface area contributed by atoms with Gasteiger partial charge in [0, 0.05) is 11.6 Å². The molecule has 0 saturated carbocycles. The van der Waals surface area contributed by atoms with Gasteiger partial charge < -0.3 is 4.42 Å². The van der Waals surface area contributed by atoms with Gasteiger partial charge in [-0.25, -0.2) is 9.55 Å². The van der Waals surface area contributed by atoms with Crippen LogP contribution in [-0.2, 0) is 0 Å². The summed E-state index contributed by atoms with van der Waals surface area (Å²) in [5, 5.41) is 8.66. The lowest BCUT2D eigenvalue weighted by Crippen LogP contribution is -2.22. The summed E-state index contributed by atoms with van der Waals surface area (Å²) in [7, 11) is 0. The van der Waals surface area contributed by atoms with Crippen molar-refractivity contribution in [1.29, 1.82) is 0 Å². The molecule has 2 heterocycles. The van der Waals surface area contributed by atoms with Gasteiger partial charge in [0.05, 0.1) is 10.9 Å². The molecule has 0 aliphatic rings. The normalized spacial score (nSPS) is 11.3. The summed E-state index contributed by atoms with van der Waals surface area (Å²) >= 11 is 0. The highest BCUT2D eigenvalue weighted by Crippen LogP contribution is 2.21. The molecule has 0 spiro atoms. The van der Waals surface area contributed by atoms with Crippen LogP contribution in [0.15, 0.2) is 94.1 Å². The van der Waals surface area contributed by atoms with E-state index in [0.717, 1.165) is 11.1 Å². The maximum Gasteiger partial charge on any atom is 0.331 e. The maximum absolute atomic E-state index is 13.3. The molecule has 0 fully saturated rings. The molecule has 0 saturated heterocycles. The summed E-state index contributed by atoms with van der Waals surface area (Å²) in [6.07, 6.45) is 3.59. The predicted octanol–water partition coefficient (Wildman–Crippen LogP) is 4.61. The van der Waals surface area contributed by atoms with E-state index in [4.69, 9.17) is 9.40 Å². The van der Waals surface area contributed by atoms with Gasteiger partial charge in [-0.3, -0.25) is 4.79 Å². The number of hydrogen-bond acceptors (Lipinski definition) is 5. The molecule has 0 amide bonds. The van der Waals surface area contributed by atoms with Crippen molar-refractivity contribution >= 4 is 23.1 Å². The van der Waals surface area contributed by atoms with Gasteiger partial charge in [-0.2, -0.15) is 0 Å². The van der Waals surface area contributed by atoms with E-state index >= 15 is 0 Å². The standard InChI is InChI=1S/C24H16N4O2/c29-23-19-13-7-8-14-20(19)25-22(18-11-5-2-6-12-18)28(23)24-27-26-21(30-24)16-15-17-9-3-1-4-10-17/h1-16H/b16-15-. The number of hydrogen-bond donors (Lipinski definition) is 0. The first-order valence-corrected chi connectivity index (χ1v) is 9.44. The van der Waals surface area contributed by atoms with E-state index in [1.807, 2.05) is 78.9 Å². The molecule has 6 nitrogen and oxygen atoms in total. The fourth-order valence-electron chi connectivity index (χ4n) is 3.21. The van der Waals surface area contributed by atoms with E-state index < -0.39 is 0 Å². The molecule has 0 aliphatic carbocycles. The van der Waals surface area contributed by atoms with E-state index in [1.54, 1.807) is 18.2 Å². The molecular formula is C24H16N4O2. The second-order valence-electron chi connectivity index (χ2n) is 6.63. The van der Waals surface area contributed by atoms with Crippen molar-refractivity contribution in [3.8, 4) is 17.4 Å². The zero-order valence-corrected chi connectivity index (χ0v) is 15.8. The van der Waals surface area contributed by atoms with Crippen LogP contribution in [-0.4, -0.2) is 19.7 Å². The van der Waals surface area contributed by atoms with Crippen LogP contribution in [0.2, 0.25) is 0 Å². The van der Waals surface area contributed by atoms with Crippen molar-refractivity contribution < 1.29 is 4.42 Å². The van der Waals surface area contributed by atoms with Crippen molar-refractivity contribution in [3.63, 3.8) is 0 Å². The molecule has 0 unspecified atom stereocenters. The number of para-hydroxylation sites is 1. The molecule has 144 valence electrons. The Kier molecular flexibility index (Phi) is 4.50. The van der Waals surface area contributed by atoms with Crippen molar-refractivity contribution in [2.24, 2.45) is 0 Å². The van der Waals surface area contributed by atoms with Gasteiger partial charge in [0.2, 0.25) is 5.89 Å². The van der Waals surface area contributed by atoms with Gasteiger partial charge in [-0.15, -0.1) is 5.10 Å². The number of aromatic nitrogens is 4. The fourth-order valence-corrected chi connectivity index (χ4v) is 3.21. The van der Waals surface area contributed by atoms with Gasteiger partial charge in [0.1, 0.15) is 0 Å². The Morgan fingerprint density at radius 1 is 0.767 bits per heavy atom. The highest BCUT2D eigenvalue weighted by atomic mass is 16.4. The minimum Gasteiger partial charge on any atom is -0.403 e. The monoisotopic (exact) mass is 392 g/mol. The Morgan fingerprint density at radius 2 is 1.47 bits per heavy atom. The smallest absolute Gasteiger partial charge is 0.331 e. The van der Waals surface area contributed by atoms with Crippen LogP contribution in [0.5, 0.6) is 0 Å². The van der Waals surface area contributed by atoms with Crippen molar-refractivity contribution in [2.75, 3.05) is 0 Å². The Hall–Kier alpha value is -4.32. The largest absolute Gasteiger partial charge is 0.403 e. The third-order valence-electron chi connectivity index (χ3n) is 4.65. The third kappa shape index (κ3) is 3.31. The minimum atomic E-state index is -0.262. The van der Waals surface area contributed by atoms with Crippen LogP contribution in [0, 0.1) is 0 Å². The lowest BCUT2D eigenvalue weighted by atomic mass is 10.2. The molecule has 5 aromatic rings. The zero-order valence-electron chi connectivity index (χ0n) is 15.8. The SMILES string of the molecule is O=c1c2ccccc2nc(-c2ccccc2)n1-c1nnc(/C=C\c2ccccc2)o1. The first kappa shape index (κ1) is 17.8. The van der Waals surface area contributed by atoms with Gasteiger partial charge in [-0.1, -0.05) is 77.9 Å². The molecule has 6 heteroatoms. The van der Waals surface area contributed by atoms with Gasteiger partial charge in [-0.05, 0) is 23.8 Å². The van der Waals surface area contributed by atoms with E-state index in [1.165, 1.54) is 4.57 Å². The average molecular weight is 392 g/mol. The number of nitrogens with zero attached hydrogens (tertiary/aromatic N) is 4. The van der Waals surface area contributed by atoms with Gasteiger partial charge in [0.15, 0.2) is 5.82 Å². The molecule has 0 N–H and O–H groups in total. The van der Waals surface area contributed by atoms with Gasteiger partial charge in [0.25, 0.3) is 5.56 Å². The van der Waals surface area contributed by atoms with E-state index in [0.29, 0.717) is 22.6 Å². The Balaban J connectivity index is 1.65. The second-order valence-corrected chi connectivity index (χ2v) is 6.63. The van der Waals surface area contributed by atoms with Crippen LogP contribution in [0.4, 0.5) is 0 Å². The van der Waals surface area contributed by atoms with Crippen molar-refractivity contribution in [2.45, 2.75) is 0 Å². The highest BCUT2D eigenvalue weighted by molar-refractivity contribution is 5.80. The Morgan fingerprint density at radius 3 is 2.27 bits per heavy atom. The molecule has 0 aliphatic heterocycles. The maximum atomic E-state index is 13.3. The molecular weight excluding hydrogens is 376 g/mol. The lowest BCUT2D eigenvalue weighted by molar-refractivity contribution is 0.512. The summed E-state index contributed by atoms with van der Waals surface area (Å²) in [6.45, 7) is 0. The zero-order chi connectivity index (χ0) is 20.3. The minimum absolute atomic E-state index is 0.0739. The second kappa shape index (κ2) is 7.60. The van der Waals surface area contributed by atoms with Crippen molar-refractivity contribution in [1.82, 2.24) is 19.7 Å². The van der Waals surface area contributed by atoms with Crippen LogP contribution in [0.3, 0.4) is 0 Å². The van der Waals surface area contributed by atoms with E-state index in [2.05, 4.69) is 10.2 Å². The quantitative estimate of drug-likeness (QED) is 0.447. The predicted molar refractivity (Wildman–Crippen MR) is 116 cm³/mol. The topological polar surface area (TPSA) is 73.8 Å². The summed E-state index contributed by atoms with van der Waals surface area (Å²) in [6, 6.07) is 26.5. The summed E-state index contributed by atoms with van der Waals surface area (Å²) in [4.78, 5) is 18.0. The molecule has 30 heavy (non-hydrogen) atoms. The summed E-state index contributed by atoms with van der Waals surface area (Å²) in [5.41, 5.74) is 2.13. The number of rotatable bonds is 4. The number of benzene rings is 3. The first-order valence-electron chi connectivity index (χ1n) is 9.44. The van der Waals surface area contributed by atoms with Gasteiger partial charge >= 0.3 is 6.01 Å². The first-order chi connectivity index (χ1) is 14.8. The number of fused-ring (bicyclic) bond motifs is 1. The third-order valence-corrected chi connectivity index (χ3v) is 4.65. The molecule has 0 radical (unpaired) electrons. The Bertz CT molecular complexity index is 1400. The van der Waals surface area contributed by atoms with Crippen LogP contribution in [0.1, 0.15) is 11.5 Å². The van der Waals surface area contributed by atoms with Crippen LogP contribution >= 0.6 is 0 Å². The molecule has 2 aromatic heterocycles. The van der Waals surface area contributed by atoms with E-state index in [9.17, 15) is 4.79 Å². The summed E-state index contributed by atoms with van der Waals surface area (Å²) in [5.74, 6) is 0.745. The Labute approximate surface area is 171 Å². The summed E-state index contributed by atoms with van der Waals surface area (Å²) < 4.78 is 7.16. The molecule has 5 rings (SSSR count). The lowest BCUT2D eigenvalue weighted by Gasteiger charge is -2.10. The highest BCUT2D eigenvalue weighted by Gasteiger charge is 2.18.